The molecule has 0 fully saturated rings. The molecule has 1 N–H and O–H groups in total. The molecule has 0 aliphatic carbocycles. The predicted molar refractivity (Wildman–Crippen MR) is 81.7 cm³/mol. The molecule has 0 aliphatic rings. The number of nitrogens with one attached hydrogen (secondary N) is 1. The van der Waals surface area contributed by atoms with Crippen LogP contribution in [0.3, 0.4) is 0 Å². The smallest absolute Gasteiger partial charge is 0.256 e. The van der Waals surface area contributed by atoms with E-state index in [2.05, 4.69) is 39.9 Å². The van der Waals surface area contributed by atoms with Crippen LogP contribution < -0.4 is 5.32 Å². The van der Waals surface area contributed by atoms with Crippen LogP contribution in [0, 0.1) is 0 Å². The van der Waals surface area contributed by atoms with Crippen LogP contribution in [-0.4, -0.2) is 29.4 Å². The van der Waals surface area contributed by atoms with E-state index >= 15 is 0 Å². The van der Waals surface area contributed by atoms with Gasteiger partial charge in [0.2, 0.25) is 0 Å². The predicted octanol–water partition coefficient (Wildman–Crippen LogP) is 3.77. The van der Waals surface area contributed by atoms with E-state index in [4.69, 9.17) is 0 Å². The Balaban J connectivity index is 3.03. The first-order valence-electron chi connectivity index (χ1n) is 7.13. The number of hydrogen-bond acceptors (Lipinski definition) is 2. The second-order valence-electron chi connectivity index (χ2n) is 5.44. The van der Waals surface area contributed by atoms with Crippen LogP contribution in [0.1, 0.15) is 51.4 Å². The molecular formula is C16H26N2O. The minimum Gasteiger partial charge on any atom is -0.382 e. The molecule has 0 atom stereocenters. The average molecular weight is 262 g/mol. The summed E-state index contributed by atoms with van der Waals surface area (Å²) in [5.41, 5.74) is 1.68. The van der Waals surface area contributed by atoms with Crippen LogP contribution in [0.2, 0.25) is 0 Å². The summed E-state index contributed by atoms with van der Waals surface area (Å²) in [4.78, 5) is 14.6. The lowest BCUT2D eigenvalue weighted by molar-refractivity contribution is 0.0707. The van der Waals surface area contributed by atoms with Crippen molar-refractivity contribution in [2.45, 2.75) is 53.1 Å². The van der Waals surface area contributed by atoms with Crippen LogP contribution in [0.15, 0.2) is 24.3 Å². The topological polar surface area (TPSA) is 32.3 Å². The Morgan fingerprint density at radius 1 is 1.21 bits per heavy atom. The van der Waals surface area contributed by atoms with E-state index in [9.17, 15) is 4.79 Å². The van der Waals surface area contributed by atoms with Crippen molar-refractivity contribution in [3.8, 4) is 0 Å². The van der Waals surface area contributed by atoms with Crippen molar-refractivity contribution >= 4 is 11.6 Å². The molecule has 106 valence electrons. The first kappa shape index (κ1) is 15.5. The van der Waals surface area contributed by atoms with Crippen LogP contribution in [0.25, 0.3) is 0 Å². The second-order valence-corrected chi connectivity index (χ2v) is 5.44. The first-order valence-corrected chi connectivity index (χ1v) is 7.13. The van der Waals surface area contributed by atoms with E-state index in [-0.39, 0.29) is 11.9 Å². The van der Waals surface area contributed by atoms with Gasteiger partial charge in [0.05, 0.1) is 5.56 Å². The van der Waals surface area contributed by atoms with E-state index in [1.807, 2.05) is 29.2 Å². The summed E-state index contributed by atoms with van der Waals surface area (Å²) >= 11 is 0. The van der Waals surface area contributed by atoms with E-state index in [1.54, 1.807) is 0 Å². The highest BCUT2D eigenvalue weighted by atomic mass is 16.2. The van der Waals surface area contributed by atoms with Gasteiger partial charge in [0.25, 0.3) is 5.91 Å². The Morgan fingerprint density at radius 3 is 2.37 bits per heavy atom. The largest absolute Gasteiger partial charge is 0.382 e. The van der Waals surface area contributed by atoms with Gasteiger partial charge in [-0.05, 0) is 46.2 Å². The molecule has 0 saturated heterocycles. The maximum absolute atomic E-state index is 12.7. The molecular weight excluding hydrogens is 236 g/mol. The molecule has 1 aromatic rings. The van der Waals surface area contributed by atoms with E-state index in [1.165, 1.54) is 0 Å². The van der Waals surface area contributed by atoms with Crippen LogP contribution in [-0.2, 0) is 0 Å². The third kappa shape index (κ3) is 4.27. The number of rotatable bonds is 6. The molecule has 0 heterocycles. The average Bonchev–Trinajstić information content (AvgIpc) is 2.34. The van der Waals surface area contributed by atoms with Gasteiger partial charge in [-0.3, -0.25) is 4.79 Å². The van der Waals surface area contributed by atoms with Gasteiger partial charge in [-0.25, -0.2) is 0 Å². The molecule has 0 aliphatic heterocycles. The number of amides is 1. The lowest BCUT2D eigenvalue weighted by Gasteiger charge is -2.27. The standard InChI is InChI=1S/C16H26N2O/c1-6-11-18(13(4)5)16(19)14-9-7-8-10-15(14)17-12(2)3/h7-10,12-13,17H,6,11H2,1-5H3. The lowest BCUT2D eigenvalue weighted by atomic mass is 10.1. The third-order valence-electron chi connectivity index (χ3n) is 2.95. The normalized spacial score (nSPS) is 10.9. The van der Waals surface area contributed by atoms with Crippen LogP contribution >= 0.6 is 0 Å². The summed E-state index contributed by atoms with van der Waals surface area (Å²) in [5.74, 6) is 0.112. The SMILES string of the molecule is CCCN(C(=O)c1ccccc1NC(C)C)C(C)C. The maximum Gasteiger partial charge on any atom is 0.256 e. The Labute approximate surface area is 117 Å². The Kier molecular flexibility index (Phi) is 5.87. The van der Waals surface area contributed by atoms with Crippen LogP contribution in [0.5, 0.6) is 0 Å². The molecule has 19 heavy (non-hydrogen) atoms. The molecule has 0 bridgehead atoms. The fourth-order valence-corrected chi connectivity index (χ4v) is 2.10. The number of hydrogen-bond donors (Lipinski definition) is 1. The monoisotopic (exact) mass is 262 g/mol. The Bertz CT molecular complexity index is 413. The van der Waals surface area contributed by atoms with Crippen molar-refractivity contribution in [2.75, 3.05) is 11.9 Å². The van der Waals surface area contributed by atoms with E-state index in [0.717, 1.165) is 24.2 Å². The van der Waals surface area contributed by atoms with E-state index in [0.29, 0.717) is 6.04 Å². The fourth-order valence-electron chi connectivity index (χ4n) is 2.10. The highest BCUT2D eigenvalue weighted by molar-refractivity contribution is 5.99. The molecule has 0 aromatic heterocycles. The van der Waals surface area contributed by atoms with E-state index < -0.39 is 0 Å². The number of nitrogens with zero attached hydrogens (tertiary/aromatic N) is 1. The molecule has 0 radical (unpaired) electrons. The molecule has 1 rings (SSSR count). The summed E-state index contributed by atoms with van der Waals surface area (Å²) in [7, 11) is 0. The summed E-state index contributed by atoms with van der Waals surface area (Å²) in [5, 5.41) is 3.34. The number of anilines is 1. The molecule has 0 spiro atoms. The zero-order chi connectivity index (χ0) is 14.4. The van der Waals surface area contributed by atoms with Gasteiger partial charge < -0.3 is 10.2 Å². The molecule has 1 aromatic carbocycles. The second kappa shape index (κ2) is 7.17. The summed E-state index contributed by atoms with van der Waals surface area (Å²) in [6, 6.07) is 8.28. The van der Waals surface area contributed by atoms with Gasteiger partial charge in [0, 0.05) is 24.3 Å². The third-order valence-corrected chi connectivity index (χ3v) is 2.95. The van der Waals surface area contributed by atoms with Gasteiger partial charge >= 0.3 is 0 Å². The number of carbonyl (C=O) groups is 1. The fraction of sp³-hybridized carbons (Fsp3) is 0.562. The van der Waals surface area contributed by atoms with Crippen molar-refractivity contribution < 1.29 is 4.79 Å². The Morgan fingerprint density at radius 2 is 1.84 bits per heavy atom. The van der Waals surface area contributed by atoms with Gasteiger partial charge in [-0.2, -0.15) is 0 Å². The summed E-state index contributed by atoms with van der Waals surface area (Å²) in [6.45, 7) is 11.2. The van der Waals surface area contributed by atoms with Crippen LogP contribution in [0.4, 0.5) is 5.69 Å². The van der Waals surface area contributed by atoms with Gasteiger partial charge in [0.1, 0.15) is 0 Å². The molecule has 0 saturated carbocycles. The molecule has 1 amide bonds. The van der Waals surface area contributed by atoms with Gasteiger partial charge in [-0.1, -0.05) is 19.1 Å². The highest BCUT2D eigenvalue weighted by Gasteiger charge is 2.20. The zero-order valence-electron chi connectivity index (χ0n) is 12.7. The zero-order valence-corrected chi connectivity index (χ0v) is 12.7. The molecule has 3 heteroatoms. The first-order chi connectivity index (χ1) is 8.97. The minimum absolute atomic E-state index is 0.112. The van der Waals surface area contributed by atoms with Crippen molar-refractivity contribution in [1.29, 1.82) is 0 Å². The maximum atomic E-state index is 12.7. The van der Waals surface area contributed by atoms with Crippen molar-refractivity contribution in [3.05, 3.63) is 29.8 Å². The van der Waals surface area contributed by atoms with Crippen molar-refractivity contribution in [1.82, 2.24) is 4.90 Å². The summed E-state index contributed by atoms with van der Waals surface area (Å²) in [6.07, 6.45) is 0.976. The van der Waals surface area contributed by atoms with Crippen molar-refractivity contribution in [2.24, 2.45) is 0 Å². The highest BCUT2D eigenvalue weighted by Crippen LogP contribution is 2.19. The van der Waals surface area contributed by atoms with Gasteiger partial charge in [0.15, 0.2) is 0 Å². The molecule has 0 unspecified atom stereocenters. The Hall–Kier alpha value is -1.51. The minimum atomic E-state index is 0.112. The molecule has 3 nitrogen and oxygen atoms in total. The number of benzene rings is 1. The number of carbonyl (C=O) groups excluding carboxylic acids is 1. The quantitative estimate of drug-likeness (QED) is 0.846. The number of para-hydroxylation sites is 1. The lowest BCUT2D eigenvalue weighted by Crippen LogP contribution is -2.38. The van der Waals surface area contributed by atoms with Gasteiger partial charge in [-0.15, -0.1) is 0 Å². The van der Waals surface area contributed by atoms with Crippen molar-refractivity contribution in [3.63, 3.8) is 0 Å². The summed E-state index contributed by atoms with van der Waals surface area (Å²) < 4.78 is 0.